The van der Waals surface area contributed by atoms with Crippen molar-refractivity contribution in [3.63, 3.8) is 0 Å². The third kappa shape index (κ3) is 3.06. The normalized spacial score (nSPS) is 11.3. The molecule has 148 valence electrons. The Morgan fingerprint density at radius 2 is 2.10 bits per heavy atom. The summed E-state index contributed by atoms with van der Waals surface area (Å²) in [5, 5.41) is 10.6. The van der Waals surface area contributed by atoms with E-state index in [4.69, 9.17) is 0 Å². The number of aromatic amines is 2. The van der Waals surface area contributed by atoms with Crippen LogP contribution in [0.15, 0.2) is 48.9 Å². The maximum atomic E-state index is 14.8. The van der Waals surface area contributed by atoms with Crippen molar-refractivity contribution in [3.05, 3.63) is 54.7 Å². The fourth-order valence-corrected chi connectivity index (χ4v) is 3.30. The van der Waals surface area contributed by atoms with Crippen molar-refractivity contribution in [1.29, 1.82) is 0 Å². The minimum atomic E-state index is -0.426. The van der Waals surface area contributed by atoms with Gasteiger partial charge in [-0.15, -0.1) is 0 Å². The number of amides is 1. The van der Waals surface area contributed by atoms with Gasteiger partial charge in [0.15, 0.2) is 11.5 Å². The molecule has 1 aromatic carbocycles. The average Bonchev–Trinajstić information content (AvgIpc) is 3.36. The summed E-state index contributed by atoms with van der Waals surface area (Å²) in [6.07, 6.45) is 5.09. The number of halogens is 1. The van der Waals surface area contributed by atoms with Crippen LogP contribution >= 0.6 is 0 Å². The third-order valence-electron chi connectivity index (χ3n) is 4.79. The Balaban J connectivity index is 1.62. The highest BCUT2D eigenvalue weighted by Gasteiger charge is 2.17. The van der Waals surface area contributed by atoms with Crippen LogP contribution in [0, 0.1) is 5.82 Å². The monoisotopic (exact) mass is 401 g/mol. The molecule has 0 aliphatic rings. The lowest BCUT2D eigenvalue weighted by atomic mass is 10.0. The van der Waals surface area contributed by atoms with Crippen molar-refractivity contribution in [1.82, 2.24) is 30.1 Å². The molecule has 8 nitrogen and oxygen atoms in total. The van der Waals surface area contributed by atoms with E-state index in [0.717, 1.165) is 5.52 Å². The van der Waals surface area contributed by atoms with Crippen LogP contribution in [-0.4, -0.2) is 36.0 Å². The van der Waals surface area contributed by atoms with Gasteiger partial charge in [-0.25, -0.2) is 14.4 Å². The van der Waals surface area contributed by atoms with Gasteiger partial charge in [-0.3, -0.25) is 14.9 Å². The smallest absolute Gasteiger partial charge is 0.224 e. The Hall–Kier alpha value is -4.14. The lowest BCUT2D eigenvalue weighted by Crippen LogP contribution is -2.09. The van der Waals surface area contributed by atoms with Gasteiger partial charge in [-0.1, -0.05) is 6.92 Å². The fraction of sp³-hybridized carbons (Fsp3) is 0.0952. The quantitative estimate of drug-likeness (QED) is 0.421. The van der Waals surface area contributed by atoms with E-state index in [1.54, 1.807) is 31.5 Å². The van der Waals surface area contributed by atoms with Crippen LogP contribution in [0.4, 0.5) is 10.1 Å². The second-order valence-corrected chi connectivity index (χ2v) is 6.77. The molecule has 0 fully saturated rings. The number of imidazole rings is 1. The van der Waals surface area contributed by atoms with Gasteiger partial charge in [-0.2, -0.15) is 5.10 Å². The van der Waals surface area contributed by atoms with Gasteiger partial charge in [0, 0.05) is 41.4 Å². The van der Waals surface area contributed by atoms with Crippen molar-refractivity contribution >= 4 is 33.7 Å². The molecule has 5 aromatic rings. The molecular weight excluding hydrogens is 385 g/mol. The number of H-pyrrole nitrogens is 2. The third-order valence-corrected chi connectivity index (χ3v) is 4.79. The number of anilines is 1. The number of rotatable bonds is 4. The van der Waals surface area contributed by atoms with Crippen LogP contribution in [0.2, 0.25) is 0 Å². The van der Waals surface area contributed by atoms with Crippen molar-refractivity contribution in [3.8, 4) is 22.6 Å². The Kier molecular flexibility index (Phi) is 4.20. The zero-order chi connectivity index (χ0) is 20.7. The minimum absolute atomic E-state index is 0.138. The number of fused-ring (bicyclic) bond motifs is 2. The van der Waals surface area contributed by atoms with E-state index in [-0.39, 0.29) is 5.91 Å². The van der Waals surface area contributed by atoms with E-state index in [1.807, 2.05) is 12.1 Å². The summed E-state index contributed by atoms with van der Waals surface area (Å²) >= 11 is 0. The number of aromatic nitrogens is 6. The highest BCUT2D eigenvalue weighted by Crippen LogP contribution is 2.32. The molecule has 9 heteroatoms. The highest BCUT2D eigenvalue weighted by molar-refractivity contribution is 5.96. The van der Waals surface area contributed by atoms with Crippen LogP contribution in [0.25, 0.3) is 44.7 Å². The van der Waals surface area contributed by atoms with Gasteiger partial charge in [0.05, 0.1) is 22.9 Å². The molecule has 4 aromatic heterocycles. The topological polar surface area (TPSA) is 112 Å². The van der Waals surface area contributed by atoms with Crippen LogP contribution < -0.4 is 5.32 Å². The number of hydrogen-bond acceptors (Lipinski definition) is 5. The molecule has 3 N–H and O–H groups in total. The van der Waals surface area contributed by atoms with Crippen molar-refractivity contribution in [2.75, 3.05) is 5.32 Å². The van der Waals surface area contributed by atoms with E-state index in [1.165, 1.54) is 12.3 Å². The van der Waals surface area contributed by atoms with E-state index in [9.17, 15) is 9.18 Å². The van der Waals surface area contributed by atoms with Crippen LogP contribution in [0.1, 0.15) is 13.3 Å². The van der Waals surface area contributed by atoms with Crippen molar-refractivity contribution < 1.29 is 9.18 Å². The molecule has 0 saturated carbocycles. The molecule has 0 aliphatic carbocycles. The van der Waals surface area contributed by atoms with E-state index < -0.39 is 5.82 Å². The van der Waals surface area contributed by atoms with Crippen molar-refractivity contribution in [2.24, 2.45) is 0 Å². The van der Waals surface area contributed by atoms with Gasteiger partial charge in [0.1, 0.15) is 11.5 Å². The molecule has 30 heavy (non-hydrogen) atoms. The Morgan fingerprint density at radius 3 is 2.93 bits per heavy atom. The molecule has 0 unspecified atom stereocenters. The summed E-state index contributed by atoms with van der Waals surface area (Å²) in [5.41, 5.74) is 3.87. The summed E-state index contributed by atoms with van der Waals surface area (Å²) in [4.78, 5) is 27.7. The van der Waals surface area contributed by atoms with Gasteiger partial charge in [0.2, 0.25) is 5.91 Å². The van der Waals surface area contributed by atoms with Crippen LogP contribution in [-0.2, 0) is 4.79 Å². The number of carbonyl (C=O) groups excluding carboxylic acids is 1. The molecule has 0 radical (unpaired) electrons. The number of benzene rings is 1. The van der Waals surface area contributed by atoms with Crippen LogP contribution in [0.3, 0.4) is 0 Å². The fourth-order valence-electron chi connectivity index (χ4n) is 3.30. The Morgan fingerprint density at radius 1 is 1.20 bits per heavy atom. The van der Waals surface area contributed by atoms with Gasteiger partial charge in [0.25, 0.3) is 0 Å². The summed E-state index contributed by atoms with van der Waals surface area (Å²) in [5.74, 6) is -0.0279. The van der Waals surface area contributed by atoms with E-state index in [0.29, 0.717) is 51.3 Å². The predicted octanol–water partition coefficient (Wildman–Crippen LogP) is 4.05. The average molecular weight is 401 g/mol. The largest absolute Gasteiger partial charge is 0.335 e. The second-order valence-electron chi connectivity index (χ2n) is 6.77. The Bertz CT molecular complexity index is 1370. The van der Waals surface area contributed by atoms with E-state index >= 15 is 0 Å². The molecule has 4 heterocycles. The molecule has 0 spiro atoms. The summed E-state index contributed by atoms with van der Waals surface area (Å²) < 4.78 is 14.8. The first-order valence-corrected chi connectivity index (χ1v) is 9.36. The first-order chi connectivity index (χ1) is 14.6. The lowest BCUT2D eigenvalue weighted by molar-refractivity contribution is -0.115. The number of hydrogen-bond donors (Lipinski definition) is 3. The SMILES string of the molecule is CCC(=O)Nc1cncc(-c2cc3c(-c4nc5ncccc5[nH]4)n[nH]c3cc2F)c1. The lowest BCUT2D eigenvalue weighted by Gasteiger charge is -2.08. The first-order valence-electron chi connectivity index (χ1n) is 9.36. The maximum absolute atomic E-state index is 14.8. The van der Waals surface area contributed by atoms with E-state index in [2.05, 4.69) is 35.5 Å². The number of pyridine rings is 2. The molecule has 0 atom stereocenters. The number of nitrogens with zero attached hydrogens (tertiary/aromatic N) is 4. The highest BCUT2D eigenvalue weighted by atomic mass is 19.1. The molecule has 5 rings (SSSR count). The second kappa shape index (κ2) is 7.03. The predicted molar refractivity (Wildman–Crippen MR) is 111 cm³/mol. The molecular formula is C21H16FN7O. The first kappa shape index (κ1) is 17.9. The van der Waals surface area contributed by atoms with Crippen LogP contribution in [0.5, 0.6) is 0 Å². The summed E-state index contributed by atoms with van der Waals surface area (Å²) in [7, 11) is 0. The zero-order valence-electron chi connectivity index (χ0n) is 15.9. The van der Waals surface area contributed by atoms with Gasteiger partial charge in [-0.05, 0) is 24.3 Å². The summed E-state index contributed by atoms with van der Waals surface area (Å²) in [6.45, 7) is 1.76. The molecule has 0 bridgehead atoms. The minimum Gasteiger partial charge on any atom is -0.335 e. The van der Waals surface area contributed by atoms with Crippen molar-refractivity contribution in [2.45, 2.75) is 13.3 Å². The Labute approximate surface area is 169 Å². The molecule has 0 saturated heterocycles. The maximum Gasteiger partial charge on any atom is 0.224 e. The molecule has 1 amide bonds. The van der Waals surface area contributed by atoms with Gasteiger partial charge < -0.3 is 10.3 Å². The number of nitrogens with one attached hydrogen (secondary N) is 3. The summed E-state index contributed by atoms with van der Waals surface area (Å²) in [6, 6.07) is 8.47. The number of carbonyl (C=O) groups is 1. The standard InChI is InChI=1S/C21H16FN7O/c1-2-18(30)25-12-6-11(9-23-10-12)13-7-14-17(8-15(13)22)28-29-19(14)21-26-16-4-3-5-24-20(16)27-21/h3-10H,2H2,1H3,(H,25,30)(H,28,29)(H,24,26,27). The zero-order valence-corrected chi connectivity index (χ0v) is 15.9. The van der Waals surface area contributed by atoms with Gasteiger partial charge >= 0.3 is 0 Å². The molecule has 0 aliphatic heterocycles.